The molecule has 1 amide bonds. The molecule has 6 heteroatoms. The van der Waals surface area contributed by atoms with Gasteiger partial charge in [-0.2, -0.15) is 0 Å². The molecule has 1 aliphatic heterocycles. The van der Waals surface area contributed by atoms with Crippen molar-refractivity contribution in [3.05, 3.63) is 29.6 Å². The Kier molecular flexibility index (Phi) is 3.89. The van der Waals surface area contributed by atoms with E-state index in [4.69, 9.17) is 0 Å². The number of fused-ring (bicyclic) bond motifs is 1. The minimum absolute atomic E-state index is 0.0620. The van der Waals surface area contributed by atoms with Gasteiger partial charge in [0.15, 0.2) is 17.5 Å². The first-order valence-electron chi connectivity index (χ1n) is 7.26. The second-order valence-corrected chi connectivity index (χ2v) is 5.85. The van der Waals surface area contributed by atoms with Gasteiger partial charge < -0.3 is 10.6 Å². The Hall–Kier alpha value is -1.56. The highest BCUT2D eigenvalue weighted by molar-refractivity contribution is 5.95. The molecular weight excluding hydrogens is 281 g/mol. The summed E-state index contributed by atoms with van der Waals surface area (Å²) in [5, 5.41) is 5.73. The molecule has 1 saturated heterocycles. The van der Waals surface area contributed by atoms with Crippen molar-refractivity contribution in [2.75, 3.05) is 5.32 Å². The van der Waals surface area contributed by atoms with Gasteiger partial charge in [-0.3, -0.25) is 4.79 Å². The Labute approximate surface area is 120 Å². The van der Waals surface area contributed by atoms with Crippen LogP contribution in [0.3, 0.4) is 0 Å². The zero-order valence-electron chi connectivity index (χ0n) is 11.5. The quantitative estimate of drug-likeness (QED) is 0.824. The summed E-state index contributed by atoms with van der Waals surface area (Å²) in [6, 6.07) is 1.59. The van der Waals surface area contributed by atoms with Gasteiger partial charge in [-0.25, -0.2) is 13.2 Å². The minimum atomic E-state index is -1.53. The fourth-order valence-electron chi connectivity index (χ4n) is 3.38. The summed E-state index contributed by atoms with van der Waals surface area (Å²) in [5.41, 5.74) is -0.0620. The maximum atomic E-state index is 13.1. The number of carbonyl (C=O) groups excluding carboxylic acids is 1. The van der Waals surface area contributed by atoms with Crippen LogP contribution in [0, 0.1) is 23.4 Å². The largest absolute Gasteiger partial charge is 0.325 e. The Morgan fingerprint density at radius 3 is 2.48 bits per heavy atom. The predicted molar refractivity (Wildman–Crippen MR) is 72.2 cm³/mol. The Balaban J connectivity index is 1.67. The summed E-state index contributed by atoms with van der Waals surface area (Å²) in [7, 11) is 0. The summed E-state index contributed by atoms with van der Waals surface area (Å²) >= 11 is 0. The van der Waals surface area contributed by atoms with E-state index in [0.29, 0.717) is 12.0 Å². The van der Waals surface area contributed by atoms with Crippen molar-refractivity contribution in [1.82, 2.24) is 5.32 Å². The molecule has 1 aromatic rings. The summed E-state index contributed by atoms with van der Waals surface area (Å²) in [6.45, 7) is 0. The highest BCUT2D eigenvalue weighted by Gasteiger charge is 2.38. The van der Waals surface area contributed by atoms with Gasteiger partial charge in [-0.15, -0.1) is 0 Å². The maximum absolute atomic E-state index is 13.1. The number of halogens is 3. The van der Waals surface area contributed by atoms with Crippen LogP contribution in [0.5, 0.6) is 0 Å². The standard InChI is InChI=1S/C15H17F3N2O/c16-10-6-9(7-11(17)14(10)18)19-15(21)13-5-8-3-1-2-4-12(8)20-13/h6-8,12-13,20H,1-5H2,(H,19,21). The number of hydrogen-bond donors (Lipinski definition) is 2. The number of rotatable bonds is 2. The minimum Gasteiger partial charge on any atom is -0.325 e. The molecule has 21 heavy (non-hydrogen) atoms. The van der Waals surface area contributed by atoms with Gasteiger partial charge in [0.05, 0.1) is 6.04 Å². The average Bonchev–Trinajstić information content (AvgIpc) is 2.88. The third kappa shape index (κ3) is 2.90. The molecular formula is C15H17F3N2O. The second-order valence-electron chi connectivity index (χ2n) is 5.85. The van der Waals surface area contributed by atoms with Gasteiger partial charge in [-0.1, -0.05) is 12.8 Å². The lowest BCUT2D eigenvalue weighted by Crippen LogP contribution is -2.39. The summed E-state index contributed by atoms with van der Waals surface area (Å²) in [4.78, 5) is 12.2. The highest BCUT2D eigenvalue weighted by atomic mass is 19.2. The van der Waals surface area contributed by atoms with E-state index in [-0.39, 0.29) is 17.6 Å². The number of anilines is 1. The van der Waals surface area contributed by atoms with Crippen LogP contribution in [0.2, 0.25) is 0 Å². The molecule has 3 unspecified atom stereocenters. The molecule has 2 fully saturated rings. The van der Waals surface area contributed by atoms with E-state index >= 15 is 0 Å². The van der Waals surface area contributed by atoms with Gasteiger partial charge in [0, 0.05) is 23.9 Å². The van der Waals surface area contributed by atoms with Crippen molar-refractivity contribution in [1.29, 1.82) is 0 Å². The molecule has 0 bridgehead atoms. The van der Waals surface area contributed by atoms with Crippen molar-refractivity contribution in [2.24, 2.45) is 5.92 Å². The number of nitrogens with one attached hydrogen (secondary N) is 2. The molecule has 3 rings (SSSR count). The van der Waals surface area contributed by atoms with Crippen molar-refractivity contribution in [3.63, 3.8) is 0 Å². The zero-order valence-corrected chi connectivity index (χ0v) is 11.5. The van der Waals surface area contributed by atoms with E-state index in [1.807, 2.05) is 0 Å². The lowest BCUT2D eigenvalue weighted by atomic mass is 9.85. The third-order valence-electron chi connectivity index (χ3n) is 4.43. The van der Waals surface area contributed by atoms with Crippen LogP contribution in [-0.2, 0) is 4.79 Å². The number of hydrogen-bond acceptors (Lipinski definition) is 2. The molecule has 1 saturated carbocycles. The van der Waals surface area contributed by atoms with Crippen LogP contribution in [0.4, 0.5) is 18.9 Å². The Morgan fingerprint density at radius 2 is 1.81 bits per heavy atom. The predicted octanol–water partition coefficient (Wildman–Crippen LogP) is 2.96. The lowest BCUT2D eigenvalue weighted by Gasteiger charge is -2.24. The van der Waals surface area contributed by atoms with Crippen molar-refractivity contribution in [2.45, 2.75) is 44.2 Å². The first-order valence-corrected chi connectivity index (χ1v) is 7.26. The molecule has 3 nitrogen and oxygen atoms in total. The van der Waals surface area contributed by atoms with Gasteiger partial charge >= 0.3 is 0 Å². The third-order valence-corrected chi connectivity index (χ3v) is 4.43. The van der Waals surface area contributed by atoms with Crippen LogP contribution >= 0.6 is 0 Å². The van der Waals surface area contributed by atoms with Crippen LogP contribution in [0.25, 0.3) is 0 Å². The van der Waals surface area contributed by atoms with Crippen molar-refractivity contribution >= 4 is 11.6 Å². The SMILES string of the molecule is O=C(Nc1cc(F)c(F)c(F)c1)C1CC2CCCCC2N1. The lowest BCUT2D eigenvalue weighted by molar-refractivity contribution is -0.117. The van der Waals surface area contributed by atoms with Gasteiger partial charge in [0.2, 0.25) is 5.91 Å². The Bertz CT molecular complexity index is 527. The van der Waals surface area contributed by atoms with Gasteiger partial charge in [0.1, 0.15) is 0 Å². The number of amides is 1. The molecule has 3 atom stereocenters. The molecule has 1 aromatic carbocycles. The first-order chi connectivity index (χ1) is 10.0. The van der Waals surface area contributed by atoms with Crippen LogP contribution < -0.4 is 10.6 Å². The van der Waals surface area contributed by atoms with Gasteiger partial charge in [0.25, 0.3) is 0 Å². The molecule has 2 aliphatic rings. The first kappa shape index (κ1) is 14.4. The topological polar surface area (TPSA) is 41.1 Å². The fourth-order valence-corrected chi connectivity index (χ4v) is 3.38. The van der Waals surface area contributed by atoms with E-state index in [2.05, 4.69) is 10.6 Å². The highest BCUT2D eigenvalue weighted by Crippen LogP contribution is 2.33. The summed E-state index contributed by atoms with van der Waals surface area (Å²) < 4.78 is 39.1. The molecule has 0 radical (unpaired) electrons. The van der Waals surface area contributed by atoms with E-state index in [0.717, 1.165) is 37.8 Å². The molecule has 1 aliphatic carbocycles. The number of benzene rings is 1. The Morgan fingerprint density at radius 1 is 1.14 bits per heavy atom. The van der Waals surface area contributed by atoms with Crippen LogP contribution in [0.15, 0.2) is 12.1 Å². The van der Waals surface area contributed by atoms with E-state index in [1.165, 1.54) is 6.42 Å². The van der Waals surface area contributed by atoms with Crippen LogP contribution in [-0.4, -0.2) is 18.0 Å². The maximum Gasteiger partial charge on any atom is 0.241 e. The van der Waals surface area contributed by atoms with Crippen molar-refractivity contribution < 1.29 is 18.0 Å². The monoisotopic (exact) mass is 298 g/mol. The summed E-state index contributed by atoms with van der Waals surface area (Å²) in [5.74, 6) is -3.97. The van der Waals surface area contributed by atoms with E-state index in [1.54, 1.807) is 0 Å². The second kappa shape index (κ2) is 5.67. The molecule has 114 valence electrons. The summed E-state index contributed by atoms with van der Waals surface area (Å²) in [6.07, 6.45) is 5.26. The molecule has 0 spiro atoms. The van der Waals surface area contributed by atoms with Gasteiger partial charge in [-0.05, 0) is 25.2 Å². The van der Waals surface area contributed by atoms with Crippen molar-refractivity contribution in [3.8, 4) is 0 Å². The molecule has 0 aromatic heterocycles. The zero-order chi connectivity index (χ0) is 15.0. The van der Waals surface area contributed by atoms with E-state index < -0.39 is 17.5 Å². The normalized spacial score (nSPS) is 28.2. The van der Waals surface area contributed by atoms with E-state index in [9.17, 15) is 18.0 Å². The average molecular weight is 298 g/mol. The molecule has 2 N–H and O–H groups in total. The smallest absolute Gasteiger partial charge is 0.241 e. The van der Waals surface area contributed by atoms with Crippen LogP contribution in [0.1, 0.15) is 32.1 Å². The number of carbonyl (C=O) groups is 1. The fraction of sp³-hybridized carbons (Fsp3) is 0.533. The molecule has 1 heterocycles.